The fourth-order valence-electron chi connectivity index (χ4n) is 1.94. The van der Waals surface area contributed by atoms with Gasteiger partial charge in [-0.15, -0.1) is 0 Å². The van der Waals surface area contributed by atoms with Crippen molar-refractivity contribution in [2.75, 3.05) is 5.75 Å². The minimum Gasteiger partial charge on any atom is -0.300 e. The van der Waals surface area contributed by atoms with E-state index in [9.17, 15) is 13.2 Å². The maximum absolute atomic E-state index is 11.9. The number of Topliss-reactive ketones (excluding diaryl/α,β-unsaturated/α-hetero) is 1. The first kappa shape index (κ1) is 12.7. The second-order valence-corrected chi connectivity index (χ2v) is 6.93. The Morgan fingerprint density at radius 3 is 2.67 bits per heavy atom. The summed E-state index contributed by atoms with van der Waals surface area (Å²) in [5.41, 5.74) is 0. The fraction of sp³-hybridized carbons (Fsp3) is 0.909. The molecule has 0 bridgehead atoms. The van der Waals surface area contributed by atoms with Gasteiger partial charge in [0.15, 0.2) is 9.84 Å². The Morgan fingerprint density at radius 1 is 1.47 bits per heavy atom. The van der Waals surface area contributed by atoms with Gasteiger partial charge in [-0.2, -0.15) is 0 Å². The zero-order chi connectivity index (χ0) is 11.5. The maximum Gasteiger partial charge on any atom is 0.153 e. The van der Waals surface area contributed by atoms with Crippen molar-refractivity contribution in [3.05, 3.63) is 0 Å². The second kappa shape index (κ2) is 5.10. The number of rotatable bonds is 4. The number of carbonyl (C=O) groups is 1. The van der Waals surface area contributed by atoms with Crippen LogP contribution in [0.15, 0.2) is 0 Å². The van der Waals surface area contributed by atoms with Crippen molar-refractivity contribution in [2.45, 2.75) is 51.2 Å². The predicted molar refractivity (Wildman–Crippen MR) is 60.5 cm³/mol. The summed E-state index contributed by atoms with van der Waals surface area (Å²) in [6, 6.07) is 0. The quantitative estimate of drug-likeness (QED) is 0.744. The Kier molecular flexibility index (Phi) is 4.32. The molecule has 88 valence electrons. The molecule has 0 heterocycles. The number of hydrogen-bond donors (Lipinski definition) is 0. The molecule has 0 saturated heterocycles. The van der Waals surface area contributed by atoms with Gasteiger partial charge in [-0.3, -0.25) is 4.79 Å². The monoisotopic (exact) mass is 232 g/mol. The molecule has 0 aliphatic heterocycles. The maximum atomic E-state index is 11.9. The van der Waals surface area contributed by atoms with Crippen molar-refractivity contribution >= 4 is 15.6 Å². The topological polar surface area (TPSA) is 51.2 Å². The van der Waals surface area contributed by atoms with Gasteiger partial charge in [0.2, 0.25) is 0 Å². The molecule has 2 atom stereocenters. The van der Waals surface area contributed by atoms with Crippen molar-refractivity contribution < 1.29 is 13.2 Å². The van der Waals surface area contributed by atoms with Crippen LogP contribution in [-0.2, 0) is 14.6 Å². The molecule has 1 fully saturated rings. The molecule has 4 heteroatoms. The lowest BCUT2D eigenvalue weighted by atomic mass is 9.99. The third kappa shape index (κ3) is 3.59. The second-order valence-electron chi connectivity index (χ2n) is 4.60. The van der Waals surface area contributed by atoms with E-state index in [1.54, 1.807) is 0 Å². The summed E-state index contributed by atoms with van der Waals surface area (Å²) in [6.07, 6.45) is 3.10. The minimum absolute atomic E-state index is 0.110. The first-order valence-electron chi connectivity index (χ1n) is 5.69. The summed E-state index contributed by atoms with van der Waals surface area (Å²) in [4.78, 5) is 11.2. The van der Waals surface area contributed by atoms with E-state index in [1.165, 1.54) is 0 Å². The molecule has 3 nitrogen and oxygen atoms in total. The molecule has 0 spiro atoms. The van der Waals surface area contributed by atoms with Crippen molar-refractivity contribution in [1.29, 1.82) is 0 Å². The van der Waals surface area contributed by atoms with Crippen LogP contribution in [0.25, 0.3) is 0 Å². The van der Waals surface area contributed by atoms with E-state index < -0.39 is 15.1 Å². The molecule has 0 radical (unpaired) electrons. The standard InChI is InChI=1S/C11H20O3S/c1-3-9(2)8-15(13,14)11-6-4-5-10(12)7-11/h9,11H,3-8H2,1-2H3. The summed E-state index contributed by atoms with van der Waals surface area (Å²) >= 11 is 0. The van der Waals surface area contributed by atoms with Crippen LogP contribution in [0.2, 0.25) is 0 Å². The van der Waals surface area contributed by atoms with Crippen LogP contribution >= 0.6 is 0 Å². The minimum atomic E-state index is -3.05. The normalized spacial score (nSPS) is 25.2. The highest BCUT2D eigenvalue weighted by Crippen LogP contribution is 2.23. The van der Waals surface area contributed by atoms with E-state index in [1.807, 2.05) is 13.8 Å². The molecule has 1 saturated carbocycles. The average molecular weight is 232 g/mol. The first-order chi connectivity index (χ1) is 6.95. The third-order valence-corrected chi connectivity index (χ3v) is 5.61. The third-order valence-electron chi connectivity index (χ3n) is 3.16. The SMILES string of the molecule is CCC(C)CS(=O)(=O)C1CCCC(=O)C1. The molecule has 0 aromatic carbocycles. The van der Waals surface area contributed by atoms with Crippen molar-refractivity contribution in [3.63, 3.8) is 0 Å². The highest BCUT2D eigenvalue weighted by Gasteiger charge is 2.31. The Balaban J connectivity index is 2.64. The number of carbonyl (C=O) groups excluding carboxylic acids is 1. The number of sulfone groups is 1. The molecular weight excluding hydrogens is 212 g/mol. The summed E-state index contributed by atoms with van der Waals surface area (Å²) < 4.78 is 23.9. The molecule has 0 aromatic heterocycles. The molecule has 0 amide bonds. The van der Waals surface area contributed by atoms with Crippen LogP contribution in [-0.4, -0.2) is 25.2 Å². The van der Waals surface area contributed by atoms with Crippen molar-refractivity contribution in [1.82, 2.24) is 0 Å². The fourth-order valence-corrected chi connectivity index (χ4v) is 4.21. The molecule has 15 heavy (non-hydrogen) atoms. The Morgan fingerprint density at radius 2 is 2.13 bits per heavy atom. The largest absolute Gasteiger partial charge is 0.300 e. The van der Waals surface area contributed by atoms with Gasteiger partial charge in [0, 0.05) is 12.8 Å². The van der Waals surface area contributed by atoms with E-state index in [4.69, 9.17) is 0 Å². The van der Waals surface area contributed by atoms with Crippen LogP contribution in [0.1, 0.15) is 46.0 Å². The zero-order valence-electron chi connectivity index (χ0n) is 9.53. The average Bonchev–Trinajstić information content (AvgIpc) is 2.17. The van der Waals surface area contributed by atoms with Gasteiger partial charge in [-0.25, -0.2) is 8.42 Å². The summed E-state index contributed by atoms with van der Waals surface area (Å²) in [5.74, 6) is 0.549. The van der Waals surface area contributed by atoms with Crippen LogP contribution in [0.3, 0.4) is 0 Å². The summed E-state index contributed by atoms with van der Waals surface area (Å²) in [6.45, 7) is 3.94. The van der Waals surface area contributed by atoms with Gasteiger partial charge >= 0.3 is 0 Å². The lowest BCUT2D eigenvalue weighted by Gasteiger charge is -2.22. The summed E-state index contributed by atoms with van der Waals surface area (Å²) in [7, 11) is -3.05. The van der Waals surface area contributed by atoms with E-state index in [0.717, 1.165) is 12.8 Å². The van der Waals surface area contributed by atoms with E-state index in [2.05, 4.69) is 0 Å². The van der Waals surface area contributed by atoms with Gasteiger partial charge in [-0.1, -0.05) is 20.3 Å². The van der Waals surface area contributed by atoms with E-state index >= 15 is 0 Å². The molecule has 0 N–H and O–H groups in total. The van der Waals surface area contributed by atoms with Gasteiger partial charge in [0.1, 0.15) is 5.78 Å². The zero-order valence-corrected chi connectivity index (χ0v) is 10.3. The van der Waals surface area contributed by atoms with Crippen molar-refractivity contribution in [3.8, 4) is 0 Å². The van der Waals surface area contributed by atoms with Gasteiger partial charge in [0.05, 0.1) is 11.0 Å². The highest BCUT2D eigenvalue weighted by molar-refractivity contribution is 7.92. The lowest BCUT2D eigenvalue weighted by Crippen LogP contribution is -2.31. The number of ketones is 1. The highest BCUT2D eigenvalue weighted by atomic mass is 32.2. The predicted octanol–water partition coefficient (Wildman–Crippen LogP) is 1.96. The molecule has 1 aliphatic carbocycles. The van der Waals surface area contributed by atoms with E-state index in [0.29, 0.717) is 12.8 Å². The van der Waals surface area contributed by atoms with Crippen LogP contribution in [0.4, 0.5) is 0 Å². The molecule has 2 unspecified atom stereocenters. The summed E-state index contributed by atoms with van der Waals surface area (Å²) in [5, 5.41) is -0.396. The van der Waals surface area contributed by atoms with Crippen LogP contribution < -0.4 is 0 Å². The van der Waals surface area contributed by atoms with E-state index in [-0.39, 0.29) is 23.9 Å². The molecular formula is C11H20O3S. The Labute approximate surface area is 92.2 Å². The van der Waals surface area contributed by atoms with Gasteiger partial charge < -0.3 is 0 Å². The molecule has 0 aromatic rings. The Bertz CT molecular complexity index is 319. The van der Waals surface area contributed by atoms with Crippen LogP contribution in [0.5, 0.6) is 0 Å². The van der Waals surface area contributed by atoms with Crippen molar-refractivity contribution in [2.24, 2.45) is 5.92 Å². The molecule has 1 aliphatic rings. The number of hydrogen-bond acceptors (Lipinski definition) is 3. The lowest BCUT2D eigenvalue weighted by molar-refractivity contribution is -0.120. The first-order valence-corrected chi connectivity index (χ1v) is 7.40. The Hall–Kier alpha value is -0.380. The smallest absolute Gasteiger partial charge is 0.153 e. The van der Waals surface area contributed by atoms with Gasteiger partial charge in [0.25, 0.3) is 0 Å². The van der Waals surface area contributed by atoms with Gasteiger partial charge in [-0.05, 0) is 18.8 Å². The molecule has 1 rings (SSSR count). The van der Waals surface area contributed by atoms with Crippen LogP contribution in [0, 0.1) is 5.92 Å².